The van der Waals surface area contributed by atoms with Crippen molar-refractivity contribution in [1.82, 2.24) is 0 Å². The summed E-state index contributed by atoms with van der Waals surface area (Å²) in [6, 6.07) is 14.4. The SMILES string of the molecule is COc1cc(/C=C/C(=O)c2cc(OC)c(OC)c(OC)c2)cc(I)c1OCc1cccc(Cl)c1. The smallest absolute Gasteiger partial charge is 0.203 e. The zero-order valence-electron chi connectivity index (χ0n) is 19.2. The molecule has 0 aliphatic carbocycles. The highest BCUT2D eigenvalue weighted by Gasteiger charge is 2.16. The molecule has 0 aliphatic heterocycles. The summed E-state index contributed by atoms with van der Waals surface area (Å²) >= 11 is 8.24. The van der Waals surface area contributed by atoms with Crippen LogP contribution >= 0.6 is 34.2 Å². The van der Waals surface area contributed by atoms with Crippen LogP contribution in [0.25, 0.3) is 6.08 Å². The molecule has 8 heteroatoms. The molecular weight excluding hydrogens is 571 g/mol. The second kappa shape index (κ2) is 12.0. The highest BCUT2D eigenvalue weighted by molar-refractivity contribution is 14.1. The van der Waals surface area contributed by atoms with Crippen molar-refractivity contribution in [1.29, 1.82) is 0 Å². The van der Waals surface area contributed by atoms with E-state index < -0.39 is 0 Å². The number of carbonyl (C=O) groups is 1. The van der Waals surface area contributed by atoms with E-state index in [4.69, 9.17) is 35.3 Å². The minimum absolute atomic E-state index is 0.213. The third-order valence-electron chi connectivity index (χ3n) is 4.90. The van der Waals surface area contributed by atoms with Crippen molar-refractivity contribution in [2.45, 2.75) is 6.61 Å². The van der Waals surface area contributed by atoms with Crippen LogP contribution < -0.4 is 23.7 Å². The highest BCUT2D eigenvalue weighted by atomic mass is 127. The van der Waals surface area contributed by atoms with E-state index in [0.717, 1.165) is 14.7 Å². The predicted octanol–water partition coefficient (Wildman–Crippen LogP) is 6.45. The minimum Gasteiger partial charge on any atom is -0.493 e. The van der Waals surface area contributed by atoms with Crippen molar-refractivity contribution in [2.24, 2.45) is 0 Å². The molecule has 0 N–H and O–H groups in total. The summed E-state index contributed by atoms with van der Waals surface area (Å²) in [5, 5.41) is 0.653. The number of hydrogen-bond donors (Lipinski definition) is 0. The molecule has 0 heterocycles. The van der Waals surface area contributed by atoms with Crippen molar-refractivity contribution in [3.63, 3.8) is 0 Å². The second-order valence-electron chi connectivity index (χ2n) is 7.06. The van der Waals surface area contributed by atoms with E-state index in [1.165, 1.54) is 27.4 Å². The highest BCUT2D eigenvalue weighted by Crippen LogP contribution is 2.39. The number of ketones is 1. The van der Waals surface area contributed by atoms with Crippen LogP contribution in [0.3, 0.4) is 0 Å². The van der Waals surface area contributed by atoms with Gasteiger partial charge in [-0.05, 0) is 76.2 Å². The lowest BCUT2D eigenvalue weighted by molar-refractivity contribution is 0.104. The number of halogens is 2. The first kappa shape index (κ1) is 25.7. The Balaban J connectivity index is 1.82. The van der Waals surface area contributed by atoms with E-state index in [1.54, 1.807) is 25.3 Å². The van der Waals surface area contributed by atoms with Crippen LogP contribution in [-0.2, 0) is 6.61 Å². The number of allylic oxidation sites excluding steroid dienone is 1. The summed E-state index contributed by atoms with van der Waals surface area (Å²) in [6.45, 7) is 0.349. The molecule has 3 aromatic carbocycles. The van der Waals surface area contributed by atoms with Crippen LogP contribution in [0.2, 0.25) is 5.02 Å². The summed E-state index contributed by atoms with van der Waals surface area (Å²) in [7, 11) is 6.10. The summed E-state index contributed by atoms with van der Waals surface area (Å²) in [5.74, 6) is 2.23. The van der Waals surface area contributed by atoms with Gasteiger partial charge < -0.3 is 23.7 Å². The Hall–Kier alpha value is -2.91. The minimum atomic E-state index is -0.213. The van der Waals surface area contributed by atoms with Gasteiger partial charge in [0, 0.05) is 10.6 Å². The second-order valence-corrected chi connectivity index (χ2v) is 8.66. The Morgan fingerprint density at radius 2 is 1.53 bits per heavy atom. The standard InChI is InChI=1S/C26H24ClIO6/c1-30-22-12-16(11-20(28)25(22)34-15-17-6-5-7-19(27)10-17)8-9-21(29)18-13-23(31-2)26(33-4)24(14-18)32-3/h5-14H,15H2,1-4H3/b9-8+. The molecule has 0 bridgehead atoms. The van der Waals surface area contributed by atoms with Crippen LogP contribution in [0.4, 0.5) is 0 Å². The molecule has 3 aromatic rings. The number of methoxy groups -OCH3 is 4. The lowest BCUT2D eigenvalue weighted by Gasteiger charge is -2.14. The van der Waals surface area contributed by atoms with Gasteiger partial charge in [0.05, 0.1) is 32.0 Å². The first-order valence-electron chi connectivity index (χ1n) is 10.2. The van der Waals surface area contributed by atoms with Gasteiger partial charge in [0.25, 0.3) is 0 Å². The van der Waals surface area contributed by atoms with Gasteiger partial charge in [-0.15, -0.1) is 0 Å². The van der Waals surface area contributed by atoms with Gasteiger partial charge in [-0.25, -0.2) is 0 Å². The van der Waals surface area contributed by atoms with E-state index in [-0.39, 0.29) is 5.78 Å². The summed E-state index contributed by atoms with van der Waals surface area (Å²) in [6.07, 6.45) is 3.20. The van der Waals surface area contributed by atoms with Gasteiger partial charge in [-0.3, -0.25) is 4.79 Å². The van der Waals surface area contributed by atoms with Crippen LogP contribution in [0.5, 0.6) is 28.7 Å². The van der Waals surface area contributed by atoms with Gasteiger partial charge in [-0.2, -0.15) is 0 Å². The zero-order chi connectivity index (χ0) is 24.7. The maximum Gasteiger partial charge on any atom is 0.203 e. The average Bonchev–Trinajstić information content (AvgIpc) is 2.85. The molecule has 178 valence electrons. The van der Waals surface area contributed by atoms with E-state index in [0.29, 0.717) is 45.9 Å². The molecule has 0 atom stereocenters. The summed E-state index contributed by atoms with van der Waals surface area (Å²) < 4.78 is 28.4. The predicted molar refractivity (Wildman–Crippen MR) is 141 cm³/mol. The number of carbonyl (C=O) groups excluding carboxylic acids is 1. The maximum atomic E-state index is 12.8. The topological polar surface area (TPSA) is 63.2 Å². The Morgan fingerprint density at radius 1 is 0.882 bits per heavy atom. The van der Waals surface area contributed by atoms with Crippen molar-refractivity contribution in [2.75, 3.05) is 28.4 Å². The van der Waals surface area contributed by atoms with Crippen molar-refractivity contribution in [3.05, 3.63) is 79.9 Å². The number of rotatable bonds is 10. The molecule has 0 unspecified atom stereocenters. The van der Waals surface area contributed by atoms with Crippen LogP contribution in [0, 0.1) is 3.57 Å². The lowest BCUT2D eigenvalue weighted by Crippen LogP contribution is -2.01. The van der Waals surface area contributed by atoms with Crippen molar-refractivity contribution < 1.29 is 28.5 Å². The van der Waals surface area contributed by atoms with E-state index in [1.807, 2.05) is 36.4 Å². The fourth-order valence-electron chi connectivity index (χ4n) is 3.25. The molecule has 0 spiro atoms. The molecule has 34 heavy (non-hydrogen) atoms. The third kappa shape index (κ3) is 6.15. The van der Waals surface area contributed by atoms with Gasteiger partial charge in [0.15, 0.2) is 28.8 Å². The van der Waals surface area contributed by atoms with Crippen LogP contribution in [0.15, 0.2) is 54.6 Å². The summed E-state index contributed by atoms with van der Waals surface area (Å²) in [5.41, 5.74) is 2.15. The Morgan fingerprint density at radius 3 is 2.12 bits per heavy atom. The molecule has 0 saturated heterocycles. The molecule has 0 aromatic heterocycles. The number of benzene rings is 3. The van der Waals surface area contributed by atoms with E-state index in [2.05, 4.69) is 22.6 Å². The molecule has 0 aliphatic rings. The van der Waals surface area contributed by atoms with E-state index in [9.17, 15) is 4.79 Å². The molecule has 6 nitrogen and oxygen atoms in total. The average molecular weight is 595 g/mol. The first-order valence-corrected chi connectivity index (χ1v) is 11.6. The van der Waals surface area contributed by atoms with Crippen LogP contribution in [-0.4, -0.2) is 34.2 Å². The molecule has 0 saturated carbocycles. The van der Waals surface area contributed by atoms with Gasteiger partial charge in [0.2, 0.25) is 5.75 Å². The van der Waals surface area contributed by atoms with Gasteiger partial charge in [0.1, 0.15) is 6.61 Å². The molecule has 3 rings (SSSR count). The molecule has 0 fully saturated rings. The third-order valence-corrected chi connectivity index (χ3v) is 5.94. The largest absolute Gasteiger partial charge is 0.493 e. The Bertz CT molecular complexity index is 1180. The fourth-order valence-corrected chi connectivity index (χ4v) is 4.24. The quantitative estimate of drug-likeness (QED) is 0.153. The Kier molecular flexibility index (Phi) is 9.06. The zero-order valence-corrected chi connectivity index (χ0v) is 22.1. The molecule has 0 radical (unpaired) electrons. The normalized spacial score (nSPS) is 10.8. The monoisotopic (exact) mass is 594 g/mol. The van der Waals surface area contributed by atoms with E-state index >= 15 is 0 Å². The first-order chi connectivity index (χ1) is 16.4. The van der Waals surface area contributed by atoms with Crippen molar-refractivity contribution >= 4 is 46.1 Å². The molecular formula is C26H24ClIO6. The number of hydrogen-bond acceptors (Lipinski definition) is 6. The van der Waals surface area contributed by atoms with Crippen LogP contribution in [0.1, 0.15) is 21.5 Å². The van der Waals surface area contributed by atoms with Gasteiger partial charge in [-0.1, -0.05) is 29.8 Å². The Labute approximate surface area is 217 Å². The fraction of sp³-hybridized carbons (Fsp3) is 0.192. The van der Waals surface area contributed by atoms with Crippen molar-refractivity contribution in [3.8, 4) is 28.7 Å². The van der Waals surface area contributed by atoms with Gasteiger partial charge >= 0.3 is 0 Å². The molecule has 0 amide bonds. The lowest BCUT2D eigenvalue weighted by atomic mass is 10.1. The summed E-state index contributed by atoms with van der Waals surface area (Å²) in [4.78, 5) is 12.8. The maximum absolute atomic E-state index is 12.8. The number of ether oxygens (including phenoxy) is 5.